The highest BCUT2D eigenvalue weighted by Crippen LogP contribution is 2.08. The van der Waals surface area contributed by atoms with Gasteiger partial charge < -0.3 is 32.5 Å². The van der Waals surface area contributed by atoms with Gasteiger partial charge in [0.1, 0.15) is 18.1 Å². The number of amides is 4. The molecule has 11 heteroatoms. The lowest BCUT2D eigenvalue weighted by molar-refractivity contribution is -0.142. The van der Waals surface area contributed by atoms with Gasteiger partial charge in [0.05, 0.1) is 12.5 Å². The molecule has 0 aliphatic rings. The molecule has 0 heterocycles. The Balaban J connectivity index is 2.98. The van der Waals surface area contributed by atoms with Gasteiger partial charge in [-0.1, -0.05) is 58.0 Å². The van der Waals surface area contributed by atoms with Gasteiger partial charge in [0.15, 0.2) is 0 Å². The minimum absolute atomic E-state index is 0.0497. The molecule has 11 nitrogen and oxygen atoms in total. The Morgan fingerprint density at radius 2 is 1.38 bits per heavy atom. The van der Waals surface area contributed by atoms with Crippen LogP contribution in [0.2, 0.25) is 0 Å². The second kappa shape index (κ2) is 13.3. The number of hydrogen-bond acceptors (Lipinski definition) is 6. The maximum atomic E-state index is 12.9. The number of primary amides is 1. The number of nitrogens with one attached hydrogen (secondary N) is 3. The Hall–Kier alpha value is -3.47. The molecule has 0 aromatic heterocycles. The minimum Gasteiger partial charge on any atom is -0.480 e. The molecule has 34 heavy (non-hydrogen) atoms. The lowest BCUT2D eigenvalue weighted by Crippen LogP contribution is -2.59. The summed E-state index contributed by atoms with van der Waals surface area (Å²) >= 11 is 0. The molecule has 1 aromatic rings. The van der Waals surface area contributed by atoms with Crippen molar-refractivity contribution in [3.63, 3.8) is 0 Å². The highest BCUT2D eigenvalue weighted by atomic mass is 16.4. The molecular formula is C23H35N5O6. The van der Waals surface area contributed by atoms with Crippen LogP contribution in [-0.4, -0.2) is 58.9 Å². The van der Waals surface area contributed by atoms with Crippen LogP contribution in [0.25, 0.3) is 0 Å². The van der Waals surface area contributed by atoms with Crippen molar-refractivity contribution < 1.29 is 29.1 Å². The Kier molecular flexibility index (Phi) is 11.2. The normalized spacial score (nSPS) is 14.6. The first-order valence-electron chi connectivity index (χ1n) is 11.0. The molecule has 0 saturated heterocycles. The molecule has 188 valence electrons. The summed E-state index contributed by atoms with van der Waals surface area (Å²) in [5.41, 5.74) is 11.7. The van der Waals surface area contributed by atoms with E-state index in [1.807, 2.05) is 0 Å². The Labute approximate surface area is 199 Å². The highest BCUT2D eigenvalue weighted by molar-refractivity contribution is 5.96. The second-order valence-corrected chi connectivity index (χ2v) is 8.82. The number of nitrogens with two attached hydrogens (primary N) is 2. The van der Waals surface area contributed by atoms with Crippen molar-refractivity contribution in [2.24, 2.45) is 23.3 Å². The Morgan fingerprint density at radius 1 is 0.824 bits per heavy atom. The Morgan fingerprint density at radius 3 is 1.85 bits per heavy atom. The van der Waals surface area contributed by atoms with Crippen molar-refractivity contribution in [1.29, 1.82) is 0 Å². The van der Waals surface area contributed by atoms with E-state index in [9.17, 15) is 29.1 Å². The third-order valence-electron chi connectivity index (χ3n) is 5.20. The first kappa shape index (κ1) is 28.6. The van der Waals surface area contributed by atoms with Gasteiger partial charge in [-0.3, -0.25) is 19.2 Å². The smallest absolute Gasteiger partial charge is 0.326 e. The monoisotopic (exact) mass is 477 g/mol. The molecule has 4 amide bonds. The van der Waals surface area contributed by atoms with Gasteiger partial charge in [-0.25, -0.2) is 4.79 Å². The van der Waals surface area contributed by atoms with Gasteiger partial charge in [-0.2, -0.15) is 0 Å². The standard InChI is InChI=1S/C23H35N5O6/c1-12(2)18(25)21(31)26-15(11-17(24)29)20(30)28-19(13(3)4)22(32)27-16(23(33)34)10-14-8-6-5-7-9-14/h5-9,12-13,15-16,18-19H,10-11,25H2,1-4H3,(H2,24,29)(H,26,31)(H,27,32)(H,28,30)(H,33,34). The number of benzene rings is 1. The zero-order valence-electron chi connectivity index (χ0n) is 19.9. The molecule has 0 aliphatic heterocycles. The molecule has 8 N–H and O–H groups in total. The summed E-state index contributed by atoms with van der Waals surface area (Å²) in [4.78, 5) is 61.3. The highest BCUT2D eigenvalue weighted by Gasteiger charge is 2.32. The molecule has 0 fully saturated rings. The molecule has 0 saturated carbocycles. The number of carbonyl (C=O) groups is 5. The van der Waals surface area contributed by atoms with Crippen molar-refractivity contribution >= 4 is 29.6 Å². The molecule has 1 aromatic carbocycles. The summed E-state index contributed by atoms with van der Waals surface area (Å²) in [5, 5.41) is 16.9. The summed E-state index contributed by atoms with van der Waals surface area (Å²) in [6.07, 6.45) is -0.450. The number of hydrogen-bond donors (Lipinski definition) is 6. The van der Waals surface area contributed by atoms with Crippen molar-refractivity contribution in [2.75, 3.05) is 0 Å². The summed E-state index contributed by atoms with van der Waals surface area (Å²) < 4.78 is 0. The number of carboxylic acids is 1. The van der Waals surface area contributed by atoms with E-state index in [0.717, 1.165) is 0 Å². The van der Waals surface area contributed by atoms with Gasteiger partial charge in [0.2, 0.25) is 23.6 Å². The van der Waals surface area contributed by atoms with Crippen LogP contribution in [-0.2, 0) is 30.4 Å². The van der Waals surface area contributed by atoms with Gasteiger partial charge in [-0.15, -0.1) is 0 Å². The van der Waals surface area contributed by atoms with Gasteiger partial charge in [0.25, 0.3) is 0 Å². The maximum Gasteiger partial charge on any atom is 0.326 e. The number of aliphatic carboxylic acids is 1. The molecule has 0 aliphatic carbocycles. The zero-order chi connectivity index (χ0) is 26.0. The molecular weight excluding hydrogens is 442 g/mol. The quantitative estimate of drug-likeness (QED) is 0.216. The summed E-state index contributed by atoms with van der Waals surface area (Å²) in [6, 6.07) is 4.17. The molecule has 1 rings (SSSR count). The van der Waals surface area contributed by atoms with Crippen LogP contribution in [0.1, 0.15) is 39.7 Å². The molecule has 0 radical (unpaired) electrons. The molecule has 0 spiro atoms. The van der Waals surface area contributed by atoms with Gasteiger partial charge in [0, 0.05) is 6.42 Å². The van der Waals surface area contributed by atoms with Crippen LogP contribution in [0.4, 0.5) is 0 Å². The second-order valence-electron chi connectivity index (χ2n) is 8.82. The van der Waals surface area contributed by atoms with E-state index >= 15 is 0 Å². The van der Waals surface area contributed by atoms with Crippen LogP contribution in [0.5, 0.6) is 0 Å². The molecule has 0 bridgehead atoms. The van der Waals surface area contributed by atoms with Gasteiger partial charge in [-0.05, 0) is 17.4 Å². The topological polar surface area (TPSA) is 194 Å². The average Bonchev–Trinajstić information content (AvgIpc) is 2.75. The van der Waals surface area contributed by atoms with Crippen molar-refractivity contribution in [2.45, 2.75) is 64.7 Å². The SMILES string of the molecule is CC(C)C(N)C(=O)NC(CC(N)=O)C(=O)NC(C(=O)NC(Cc1ccccc1)C(=O)O)C(C)C. The molecule has 4 atom stereocenters. The van der Waals surface area contributed by atoms with E-state index in [1.54, 1.807) is 58.0 Å². The number of carbonyl (C=O) groups excluding carboxylic acids is 4. The van der Waals surface area contributed by atoms with Crippen molar-refractivity contribution in [1.82, 2.24) is 16.0 Å². The van der Waals surface area contributed by atoms with E-state index in [4.69, 9.17) is 11.5 Å². The summed E-state index contributed by atoms with van der Waals surface area (Å²) in [5.74, 6) is -4.88. The molecule has 4 unspecified atom stereocenters. The van der Waals surface area contributed by atoms with Crippen LogP contribution in [0, 0.1) is 11.8 Å². The minimum atomic E-state index is -1.34. The predicted octanol–water partition coefficient (Wildman–Crippen LogP) is -0.717. The van der Waals surface area contributed by atoms with E-state index < -0.39 is 66.1 Å². The van der Waals surface area contributed by atoms with E-state index in [2.05, 4.69) is 16.0 Å². The predicted molar refractivity (Wildman–Crippen MR) is 125 cm³/mol. The van der Waals surface area contributed by atoms with Crippen molar-refractivity contribution in [3.05, 3.63) is 35.9 Å². The fraction of sp³-hybridized carbons (Fsp3) is 0.522. The Bertz CT molecular complexity index is 874. The maximum absolute atomic E-state index is 12.9. The summed E-state index contributed by atoms with van der Waals surface area (Å²) in [6.45, 7) is 6.77. The lowest BCUT2D eigenvalue weighted by Gasteiger charge is -2.27. The largest absolute Gasteiger partial charge is 0.480 e. The third kappa shape index (κ3) is 9.18. The first-order valence-corrected chi connectivity index (χ1v) is 11.0. The van der Waals surface area contributed by atoms with E-state index in [1.165, 1.54) is 0 Å². The van der Waals surface area contributed by atoms with Crippen molar-refractivity contribution in [3.8, 4) is 0 Å². The number of rotatable bonds is 13. The van der Waals surface area contributed by atoms with E-state index in [0.29, 0.717) is 5.56 Å². The average molecular weight is 478 g/mol. The van der Waals surface area contributed by atoms with Gasteiger partial charge >= 0.3 is 5.97 Å². The van der Waals surface area contributed by atoms with E-state index in [-0.39, 0.29) is 12.3 Å². The van der Waals surface area contributed by atoms with Crippen LogP contribution in [0.15, 0.2) is 30.3 Å². The fourth-order valence-electron chi connectivity index (χ4n) is 3.08. The third-order valence-corrected chi connectivity index (χ3v) is 5.20. The number of carboxylic acid groups (broad SMARTS) is 1. The van der Waals surface area contributed by atoms with Crippen LogP contribution >= 0.6 is 0 Å². The fourth-order valence-corrected chi connectivity index (χ4v) is 3.08. The zero-order valence-corrected chi connectivity index (χ0v) is 19.9. The summed E-state index contributed by atoms with van der Waals surface area (Å²) in [7, 11) is 0. The lowest BCUT2D eigenvalue weighted by atomic mass is 10.00. The first-order chi connectivity index (χ1) is 15.8. The van der Waals surface area contributed by atoms with Crippen LogP contribution < -0.4 is 27.4 Å². The van der Waals surface area contributed by atoms with Crippen LogP contribution in [0.3, 0.4) is 0 Å².